The second-order valence-electron chi connectivity index (χ2n) is 3.81. The molecule has 0 aromatic rings. The van der Waals surface area contributed by atoms with Gasteiger partial charge in [-0.15, -0.1) is 11.8 Å². The Morgan fingerprint density at radius 2 is 2.00 bits per heavy atom. The van der Waals surface area contributed by atoms with Crippen molar-refractivity contribution in [2.75, 3.05) is 5.75 Å². The van der Waals surface area contributed by atoms with E-state index in [1.807, 2.05) is 20.8 Å². The summed E-state index contributed by atoms with van der Waals surface area (Å²) in [5.41, 5.74) is 5.77. The summed E-state index contributed by atoms with van der Waals surface area (Å²) in [4.78, 5) is 11.5. The number of thioether (sulfide) groups is 1. The molecule has 0 fully saturated rings. The lowest BCUT2D eigenvalue weighted by Gasteiger charge is -2.15. The summed E-state index contributed by atoms with van der Waals surface area (Å²) in [7, 11) is 0. The largest absolute Gasteiger partial charge is 0.353 e. The van der Waals surface area contributed by atoms with Gasteiger partial charge in [0, 0.05) is 17.8 Å². The van der Waals surface area contributed by atoms with Gasteiger partial charge < -0.3 is 11.1 Å². The SMILES string of the molecule is CCC(N)CSC(C)C(=O)NC(C)C. The molecule has 1 amide bonds. The van der Waals surface area contributed by atoms with Gasteiger partial charge in [0.2, 0.25) is 5.91 Å². The van der Waals surface area contributed by atoms with E-state index in [0.717, 1.165) is 12.2 Å². The molecule has 0 aromatic carbocycles. The minimum absolute atomic E-state index is 0.00463. The van der Waals surface area contributed by atoms with Gasteiger partial charge in [0.15, 0.2) is 0 Å². The Kier molecular flexibility index (Phi) is 7.01. The van der Waals surface area contributed by atoms with E-state index in [4.69, 9.17) is 5.73 Å². The average Bonchev–Trinajstić information content (AvgIpc) is 2.12. The molecule has 0 radical (unpaired) electrons. The number of nitrogens with two attached hydrogens (primary N) is 1. The van der Waals surface area contributed by atoms with Crippen LogP contribution in [0.1, 0.15) is 34.1 Å². The molecule has 4 heteroatoms. The topological polar surface area (TPSA) is 55.1 Å². The molecule has 0 aliphatic rings. The average molecular weight is 218 g/mol. The fourth-order valence-electron chi connectivity index (χ4n) is 0.863. The van der Waals surface area contributed by atoms with Crippen LogP contribution in [0, 0.1) is 0 Å². The van der Waals surface area contributed by atoms with Crippen LogP contribution in [0.3, 0.4) is 0 Å². The Hall–Kier alpha value is -0.220. The summed E-state index contributed by atoms with van der Waals surface area (Å²) in [6.45, 7) is 7.91. The third-order valence-electron chi connectivity index (χ3n) is 1.88. The highest BCUT2D eigenvalue weighted by Crippen LogP contribution is 2.12. The first-order valence-corrected chi connectivity index (χ1v) is 6.19. The summed E-state index contributed by atoms with van der Waals surface area (Å²) in [5.74, 6) is 0.955. The standard InChI is InChI=1S/C10H22N2OS/c1-5-9(11)6-14-8(4)10(13)12-7(2)3/h7-9H,5-6,11H2,1-4H3,(H,12,13). The van der Waals surface area contributed by atoms with E-state index in [-0.39, 0.29) is 23.2 Å². The van der Waals surface area contributed by atoms with Crippen LogP contribution >= 0.6 is 11.8 Å². The Bertz CT molecular complexity index is 174. The smallest absolute Gasteiger partial charge is 0.233 e. The Balaban J connectivity index is 3.72. The fraction of sp³-hybridized carbons (Fsp3) is 0.900. The van der Waals surface area contributed by atoms with E-state index < -0.39 is 0 Å². The minimum atomic E-state index is -0.00463. The van der Waals surface area contributed by atoms with Crippen molar-refractivity contribution in [2.45, 2.75) is 51.4 Å². The highest BCUT2D eigenvalue weighted by Gasteiger charge is 2.14. The highest BCUT2D eigenvalue weighted by molar-refractivity contribution is 8.00. The van der Waals surface area contributed by atoms with Crippen molar-refractivity contribution in [3.63, 3.8) is 0 Å². The van der Waals surface area contributed by atoms with Crippen molar-refractivity contribution in [1.82, 2.24) is 5.32 Å². The molecule has 0 aliphatic heterocycles. The van der Waals surface area contributed by atoms with Crippen LogP contribution in [0.2, 0.25) is 0 Å². The molecule has 0 aromatic heterocycles. The molecule has 0 heterocycles. The van der Waals surface area contributed by atoms with Crippen molar-refractivity contribution in [1.29, 1.82) is 0 Å². The number of carbonyl (C=O) groups is 1. The molecule has 3 nitrogen and oxygen atoms in total. The third kappa shape index (κ3) is 6.27. The van der Waals surface area contributed by atoms with Crippen LogP contribution in [0.5, 0.6) is 0 Å². The predicted octanol–water partition coefficient (Wildman–Crippen LogP) is 1.37. The lowest BCUT2D eigenvalue weighted by Crippen LogP contribution is -2.36. The van der Waals surface area contributed by atoms with Crippen LogP contribution in [-0.4, -0.2) is 29.0 Å². The molecule has 0 rings (SSSR count). The molecule has 3 N–H and O–H groups in total. The summed E-state index contributed by atoms with van der Waals surface area (Å²) in [5, 5.41) is 2.88. The lowest BCUT2D eigenvalue weighted by atomic mass is 10.3. The van der Waals surface area contributed by atoms with Gasteiger partial charge in [-0.05, 0) is 27.2 Å². The van der Waals surface area contributed by atoms with Crippen LogP contribution in [-0.2, 0) is 4.79 Å². The summed E-state index contributed by atoms with van der Waals surface area (Å²) >= 11 is 1.62. The predicted molar refractivity (Wildman–Crippen MR) is 63.5 cm³/mol. The normalized spacial score (nSPS) is 15.3. The number of rotatable bonds is 6. The zero-order valence-corrected chi connectivity index (χ0v) is 10.4. The van der Waals surface area contributed by atoms with Gasteiger partial charge in [-0.25, -0.2) is 0 Å². The number of hydrogen-bond donors (Lipinski definition) is 2. The second-order valence-corrected chi connectivity index (χ2v) is 5.18. The number of hydrogen-bond acceptors (Lipinski definition) is 3. The molecule has 0 saturated carbocycles. The highest BCUT2D eigenvalue weighted by atomic mass is 32.2. The summed E-state index contributed by atoms with van der Waals surface area (Å²) in [6, 6.07) is 0.416. The van der Waals surface area contributed by atoms with Gasteiger partial charge in [0.1, 0.15) is 0 Å². The van der Waals surface area contributed by atoms with Gasteiger partial charge in [0.05, 0.1) is 5.25 Å². The van der Waals surface area contributed by atoms with Gasteiger partial charge >= 0.3 is 0 Å². The zero-order valence-electron chi connectivity index (χ0n) is 9.54. The third-order valence-corrected chi connectivity index (χ3v) is 3.22. The maximum Gasteiger partial charge on any atom is 0.233 e. The quantitative estimate of drug-likeness (QED) is 0.708. The summed E-state index contributed by atoms with van der Waals surface area (Å²) in [6.07, 6.45) is 0.964. The van der Waals surface area contributed by atoms with Gasteiger partial charge in [0.25, 0.3) is 0 Å². The van der Waals surface area contributed by atoms with Crippen molar-refractivity contribution < 1.29 is 4.79 Å². The first-order valence-electron chi connectivity index (χ1n) is 5.14. The molecular weight excluding hydrogens is 196 g/mol. The molecule has 0 bridgehead atoms. The number of nitrogens with one attached hydrogen (secondary N) is 1. The first-order chi connectivity index (χ1) is 6.47. The fourth-order valence-corrected chi connectivity index (χ4v) is 1.85. The second kappa shape index (κ2) is 7.12. The molecule has 84 valence electrons. The molecule has 0 saturated heterocycles. The van der Waals surface area contributed by atoms with E-state index >= 15 is 0 Å². The molecule has 14 heavy (non-hydrogen) atoms. The van der Waals surface area contributed by atoms with Crippen LogP contribution in [0.15, 0.2) is 0 Å². The van der Waals surface area contributed by atoms with E-state index in [2.05, 4.69) is 12.2 Å². The van der Waals surface area contributed by atoms with E-state index in [0.29, 0.717) is 0 Å². The van der Waals surface area contributed by atoms with Crippen molar-refractivity contribution in [2.24, 2.45) is 5.73 Å². The van der Waals surface area contributed by atoms with Gasteiger partial charge in [-0.2, -0.15) is 0 Å². The van der Waals surface area contributed by atoms with Crippen molar-refractivity contribution in [3.05, 3.63) is 0 Å². The monoisotopic (exact) mass is 218 g/mol. The Morgan fingerprint density at radius 1 is 1.43 bits per heavy atom. The van der Waals surface area contributed by atoms with Crippen molar-refractivity contribution >= 4 is 17.7 Å². The Labute approximate surface area is 91.2 Å². The minimum Gasteiger partial charge on any atom is -0.353 e. The van der Waals surface area contributed by atoms with E-state index in [9.17, 15) is 4.79 Å². The lowest BCUT2D eigenvalue weighted by molar-refractivity contribution is -0.120. The van der Waals surface area contributed by atoms with Crippen LogP contribution < -0.4 is 11.1 Å². The molecular formula is C10H22N2OS. The molecule has 2 atom stereocenters. The number of amides is 1. The first kappa shape index (κ1) is 13.8. The van der Waals surface area contributed by atoms with Gasteiger partial charge in [-0.1, -0.05) is 6.92 Å². The van der Waals surface area contributed by atoms with Crippen LogP contribution in [0.4, 0.5) is 0 Å². The zero-order chi connectivity index (χ0) is 11.1. The summed E-state index contributed by atoms with van der Waals surface area (Å²) < 4.78 is 0. The van der Waals surface area contributed by atoms with Crippen molar-refractivity contribution in [3.8, 4) is 0 Å². The van der Waals surface area contributed by atoms with E-state index in [1.165, 1.54) is 0 Å². The maximum absolute atomic E-state index is 11.5. The Morgan fingerprint density at radius 3 is 2.43 bits per heavy atom. The maximum atomic E-state index is 11.5. The molecule has 2 unspecified atom stereocenters. The van der Waals surface area contributed by atoms with Gasteiger partial charge in [-0.3, -0.25) is 4.79 Å². The molecule has 0 spiro atoms. The molecule has 0 aliphatic carbocycles. The van der Waals surface area contributed by atoms with Crippen LogP contribution in [0.25, 0.3) is 0 Å². The number of carbonyl (C=O) groups excluding carboxylic acids is 1. The van der Waals surface area contributed by atoms with E-state index in [1.54, 1.807) is 11.8 Å².